The Kier molecular flexibility index (Phi) is 4.34. The van der Waals surface area contributed by atoms with Crippen molar-refractivity contribution in [3.8, 4) is 0 Å². The van der Waals surface area contributed by atoms with E-state index in [-0.39, 0.29) is 11.8 Å². The normalized spacial score (nSPS) is 11.3. The molecule has 0 radical (unpaired) electrons. The number of nitrogens with zero attached hydrogens (tertiary/aromatic N) is 3. The summed E-state index contributed by atoms with van der Waals surface area (Å²) in [6.07, 6.45) is 2.27. The maximum Gasteiger partial charge on any atom is 0.248 e. The highest BCUT2D eigenvalue weighted by atomic mass is 35.5. The van der Waals surface area contributed by atoms with Crippen molar-refractivity contribution in [2.75, 3.05) is 5.32 Å². The van der Waals surface area contributed by atoms with Crippen LogP contribution in [0.15, 0.2) is 30.5 Å². The lowest BCUT2D eigenvalue weighted by molar-refractivity contribution is -0.116. The number of amides is 1. The van der Waals surface area contributed by atoms with Crippen LogP contribution in [0.4, 0.5) is 5.95 Å². The average Bonchev–Trinajstić information content (AvgIpc) is 3.13. The summed E-state index contributed by atoms with van der Waals surface area (Å²) in [5, 5.41) is 11.2. The lowest BCUT2D eigenvalue weighted by Gasteiger charge is -2.05. The fraction of sp³-hybridized carbons (Fsp3) is 0.312. The molecule has 0 saturated heterocycles. The minimum atomic E-state index is -0.122. The van der Waals surface area contributed by atoms with E-state index in [4.69, 9.17) is 11.6 Å². The Bertz CT molecular complexity index is 836. The minimum absolute atomic E-state index is 0.122. The van der Waals surface area contributed by atoms with E-state index in [1.165, 1.54) is 0 Å². The summed E-state index contributed by atoms with van der Waals surface area (Å²) in [7, 11) is 0. The monoisotopic (exact) mass is 331 g/mol. The topological polar surface area (TPSA) is 75.6 Å². The Balaban J connectivity index is 1.63. The molecule has 6 nitrogen and oxygen atoms in total. The second-order valence-corrected chi connectivity index (χ2v) is 6.09. The zero-order chi connectivity index (χ0) is 16.4. The molecule has 0 bridgehead atoms. The van der Waals surface area contributed by atoms with Crippen molar-refractivity contribution in [1.82, 2.24) is 19.7 Å². The highest BCUT2D eigenvalue weighted by molar-refractivity contribution is 6.35. The first kappa shape index (κ1) is 15.6. The number of aryl methyl sites for hydroxylation is 1. The van der Waals surface area contributed by atoms with Crippen LogP contribution in [-0.2, 0) is 11.3 Å². The second kappa shape index (κ2) is 6.42. The number of hydrogen-bond acceptors (Lipinski definition) is 3. The quantitative estimate of drug-likeness (QED) is 0.750. The predicted octanol–water partition coefficient (Wildman–Crippen LogP) is 3.57. The van der Waals surface area contributed by atoms with Gasteiger partial charge in [0.05, 0.1) is 0 Å². The molecule has 0 saturated carbocycles. The van der Waals surface area contributed by atoms with Gasteiger partial charge in [-0.1, -0.05) is 31.5 Å². The number of nitrogens with one attached hydrogen (secondary N) is 2. The van der Waals surface area contributed by atoms with E-state index in [0.29, 0.717) is 23.9 Å². The van der Waals surface area contributed by atoms with Crippen LogP contribution in [0.25, 0.3) is 10.9 Å². The van der Waals surface area contributed by atoms with E-state index in [9.17, 15) is 4.79 Å². The molecule has 120 valence electrons. The molecule has 3 aromatic rings. The molecule has 23 heavy (non-hydrogen) atoms. The van der Waals surface area contributed by atoms with Gasteiger partial charge in [-0.25, -0.2) is 0 Å². The fourth-order valence-corrected chi connectivity index (χ4v) is 2.61. The molecule has 0 atom stereocenters. The summed E-state index contributed by atoms with van der Waals surface area (Å²) in [6.45, 7) is 4.58. The van der Waals surface area contributed by atoms with Gasteiger partial charge in [-0.15, -0.1) is 5.10 Å². The van der Waals surface area contributed by atoms with Gasteiger partial charge in [0, 0.05) is 41.0 Å². The van der Waals surface area contributed by atoms with Crippen LogP contribution in [0.1, 0.15) is 32.0 Å². The summed E-state index contributed by atoms with van der Waals surface area (Å²) in [5.74, 6) is 1.19. The zero-order valence-electron chi connectivity index (χ0n) is 13.0. The van der Waals surface area contributed by atoms with E-state index in [1.807, 2.05) is 48.9 Å². The van der Waals surface area contributed by atoms with Crippen molar-refractivity contribution in [2.45, 2.75) is 32.7 Å². The number of aromatic nitrogens is 4. The molecule has 0 fully saturated rings. The Labute approximate surface area is 138 Å². The van der Waals surface area contributed by atoms with Crippen molar-refractivity contribution in [3.63, 3.8) is 0 Å². The van der Waals surface area contributed by atoms with Crippen molar-refractivity contribution >= 4 is 34.4 Å². The first-order valence-corrected chi connectivity index (χ1v) is 7.88. The standard InChI is InChI=1S/C16H18ClN5O/c1-10(2)15-19-16(21-20-15)18-14(23)7-9-22-8-6-11-12(17)4-3-5-13(11)22/h3-6,8,10H,7,9H2,1-2H3,(H2,18,19,20,21,23). The van der Waals surface area contributed by atoms with Gasteiger partial charge in [0.2, 0.25) is 11.9 Å². The van der Waals surface area contributed by atoms with Crippen molar-refractivity contribution in [1.29, 1.82) is 0 Å². The Morgan fingerprint density at radius 3 is 2.96 bits per heavy atom. The summed E-state index contributed by atoms with van der Waals surface area (Å²) in [5.41, 5.74) is 1.02. The molecule has 0 aliphatic carbocycles. The van der Waals surface area contributed by atoms with Crippen molar-refractivity contribution < 1.29 is 4.79 Å². The van der Waals surface area contributed by atoms with E-state index < -0.39 is 0 Å². The second-order valence-electron chi connectivity index (χ2n) is 5.68. The van der Waals surface area contributed by atoms with Crippen LogP contribution in [0.5, 0.6) is 0 Å². The van der Waals surface area contributed by atoms with E-state index >= 15 is 0 Å². The number of fused-ring (bicyclic) bond motifs is 1. The van der Waals surface area contributed by atoms with Crippen LogP contribution in [0.2, 0.25) is 5.02 Å². The van der Waals surface area contributed by atoms with E-state index in [0.717, 1.165) is 16.7 Å². The number of anilines is 1. The number of carbonyl (C=O) groups is 1. The highest BCUT2D eigenvalue weighted by Crippen LogP contribution is 2.24. The number of H-pyrrole nitrogens is 1. The predicted molar refractivity (Wildman–Crippen MR) is 90.7 cm³/mol. The number of hydrogen-bond donors (Lipinski definition) is 2. The third-order valence-electron chi connectivity index (χ3n) is 3.64. The summed E-state index contributed by atoms with van der Waals surface area (Å²) in [6, 6.07) is 7.71. The van der Waals surface area contributed by atoms with Crippen LogP contribution < -0.4 is 5.32 Å². The third-order valence-corrected chi connectivity index (χ3v) is 3.97. The molecule has 0 spiro atoms. The molecule has 0 unspecified atom stereocenters. The first-order chi connectivity index (χ1) is 11.0. The van der Waals surface area contributed by atoms with Gasteiger partial charge in [0.25, 0.3) is 0 Å². The maximum absolute atomic E-state index is 12.0. The van der Waals surface area contributed by atoms with Crippen molar-refractivity contribution in [2.24, 2.45) is 0 Å². The first-order valence-electron chi connectivity index (χ1n) is 7.50. The van der Waals surface area contributed by atoms with Gasteiger partial charge in [-0.05, 0) is 18.2 Å². The van der Waals surface area contributed by atoms with Gasteiger partial charge in [0.15, 0.2) is 0 Å². The van der Waals surface area contributed by atoms with E-state index in [1.54, 1.807) is 0 Å². The molecule has 2 heterocycles. The molecule has 7 heteroatoms. The summed E-state index contributed by atoms with van der Waals surface area (Å²) < 4.78 is 2.01. The molecule has 2 N–H and O–H groups in total. The van der Waals surface area contributed by atoms with E-state index in [2.05, 4.69) is 20.5 Å². The smallest absolute Gasteiger partial charge is 0.248 e. The lowest BCUT2D eigenvalue weighted by Crippen LogP contribution is -2.15. The molecule has 1 aromatic carbocycles. The molecule has 3 rings (SSSR count). The Morgan fingerprint density at radius 1 is 1.39 bits per heavy atom. The third kappa shape index (κ3) is 3.37. The number of benzene rings is 1. The van der Waals surface area contributed by atoms with Gasteiger partial charge in [-0.3, -0.25) is 15.2 Å². The molecule has 0 aliphatic rings. The van der Waals surface area contributed by atoms with Crippen LogP contribution in [0, 0.1) is 0 Å². The van der Waals surface area contributed by atoms with Gasteiger partial charge < -0.3 is 4.57 Å². The van der Waals surface area contributed by atoms with Crippen molar-refractivity contribution in [3.05, 3.63) is 41.3 Å². The molecule has 1 amide bonds. The minimum Gasteiger partial charge on any atom is -0.347 e. The maximum atomic E-state index is 12.0. The Hall–Kier alpha value is -2.34. The van der Waals surface area contributed by atoms with Gasteiger partial charge >= 0.3 is 0 Å². The highest BCUT2D eigenvalue weighted by Gasteiger charge is 2.10. The fourth-order valence-electron chi connectivity index (χ4n) is 2.38. The number of aromatic amines is 1. The lowest BCUT2D eigenvalue weighted by atomic mass is 10.2. The Morgan fingerprint density at radius 2 is 2.22 bits per heavy atom. The zero-order valence-corrected chi connectivity index (χ0v) is 13.8. The van der Waals surface area contributed by atoms with Crippen LogP contribution >= 0.6 is 11.6 Å². The van der Waals surface area contributed by atoms with Gasteiger partial charge in [-0.2, -0.15) is 4.98 Å². The van der Waals surface area contributed by atoms with Crippen LogP contribution in [0.3, 0.4) is 0 Å². The largest absolute Gasteiger partial charge is 0.347 e. The number of carbonyl (C=O) groups excluding carboxylic acids is 1. The molecular formula is C16H18ClN5O. The summed E-state index contributed by atoms with van der Waals surface area (Å²) in [4.78, 5) is 16.3. The summed E-state index contributed by atoms with van der Waals surface area (Å²) >= 11 is 6.16. The molecule has 2 aromatic heterocycles. The number of halogens is 1. The van der Waals surface area contributed by atoms with Crippen LogP contribution in [-0.4, -0.2) is 25.7 Å². The molecule has 0 aliphatic heterocycles. The SMILES string of the molecule is CC(C)c1nc(NC(=O)CCn2ccc3c(Cl)cccc32)n[nH]1. The average molecular weight is 332 g/mol. The number of rotatable bonds is 5. The molecular weight excluding hydrogens is 314 g/mol. The van der Waals surface area contributed by atoms with Gasteiger partial charge in [0.1, 0.15) is 5.82 Å².